The Morgan fingerprint density at radius 3 is 2.60 bits per heavy atom. The third-order valence-electron chi connectivity index (χ3n) is 3.76. The number of isocyanates is 1. The third kappa shape index (κ3) is 2.36. The second-order valence-electron chi connectivity index (χ2n) is 6.26. The van der Waals surface area contributed by atoms with Crippen molar-refractivity contribution in [1.29, 1.82) is 0 Å². The van der Waals surface area contributed by atoms with Crippen molar-refractivity contribution in [2.45, 2.75) is 32.2 Å². The minimum Gasteiger partial charge on any atom is -0.489 e. The van der Waals surface area contributed by atoms with Gasteiger partial charge in [0.25, 0.3) is 0 Å². The first-order valence-electron chi connectivity index (χ1n) is 6.64. The van der Waals surface area contributed by atoms with Gasteiger partial charge in [-0.15, -0.1) is 0 Å². The summed E-state index contributed by atoms with van der Waals surface area (Å²) in [5.41, 5.74) is 0.552. The maximum atomic E-state index is 10.6. The molecule has 2 aliphatic rings. The average molecular weight is 338 g/mol. The van der Waals surface area contributed by atoms with Crippen molar-refractivity contribution < 1.29 is 14.3 Å². The van der Waals surface area contributed by atoms with Gasteiger partial charge in [0.1, 0.15) is 0 Å². The van der Waals surface area contributed by atoms with Crippen molar-refractivity contribution in [2.24, 2.45) is 10.4 Å². The van der Waals surface area contributed by atoms with Crippen LogP contribution in [0.3, 0.4) is 0 Å². The van der Waals surface area contributed by atoms with E-state index in [0.717, 1.165) is 28.6 Å². The number of aliphatic imine (C=N–C) groups is 1. The number of fused-ring (bicyclic) bond motifs is 1. The van der Waals surface area contributed by atoms with E-state index in [9.17, 15) is 4.79 Å². The molecule has 0 atom stereocenters. The molecule has 1 aliphatic heterocycles. The summed E-state index contributed by atoms with van der Waals surface area (Å²) in [5.74, 6) is 1.44. The normalized spacial score (nSPS) is 21.6. The Bertz CT molecular complexity index is 601. The quantitative estimate of drug-likeness (QED) is 0.612. The number of nitrogens with zero attached hydrogens (tertiary/aromatic N) is 1. The van der Waals surface area contributed by atoms with E-state index in [1.54, 1.807) is 6.08 Å². The fraction of sp³-hybridized carbons (Fsp3) is 0.533. The van der Waals surface area contributed by atoms with Crippen molar-refractivity contribution in [2.75, 3.05) is 13.2 Å². The Balaban J connectivity index is 2.01. The number of carbonyl (C=O) groups excluding carboxylic acids is 1. The molecule has 0 N–H and O–H groups in total. The highest BCUT2D eigenvalue weighted by molar-refractivity contribution is 9.10. The topological polar surface area (TPSA) is 47.9 Å². The largest absolute Gasteiger partial charge is 0.489 e. The van der Waals surface area contributed by atoms with E-state index in [1.165, 1.54) is 0 Å². The van der Waals surface area contributed by atoms with Crippen LogP contribution < -0.4 is 9.47 Å². The molecule has 1 aromatic carbocycles. The fourth-order valence-electron chi connectivity index (χ4n) is 2.34. The number of benzene rings is 1. The van der Waals surface area contributed by atoms with Gasteiger partial charge >= 0.3 is 0 Å². The summed E-state index contributed by atoms with van der Waals surface area (Å²) >= 11 is 3.53. The van der Waals surface area contributed by atoms with Crippen LogP contribution in [0, 0.1) is 5.41 Å². The second-order valence-corrected chi connectivity index (χ2v) is 7.12. The summed E-state index contributed by atoms with van der Waals surface area (Å²) in [4.78, 5) is 14.5. The lowest BCUT2D eigenvalue weighted by atomic mass is 9.97. The number of rotatable bonds is 2. The second kappa shape index (κ2) is 4.61. The molecule has 0 spiro atoms. The van der Waals surface area contributed by atoms with Gasteiger partial charge in [-0.3, -0.25) is 0 Å². The van der Waals surface area contributed by atoms with Gasteiger partial charge < -0.3 is 9.47 Å². The predicted octanol–water partition coefficient (Wildman–Crippen LogP) is 3.57. The molecule has 0 radical (unpaired) electrons. The minimum absolute atomic E-state index is 0.0309. The van der Waals surface area contributed by atoms with Gasteiger partial charge in [-0.1, -0.05) is 13.8 Å². The van der Waals surface area contributed by atoms with Crippen molar-refractivity contribution in [3.63, 3.8) is 0 Å². The highest BCUT2D eigenvalue weighted by Gasteiger charge is 2.45. The van der Waals surface area contributed by atoms with Crippen LogP contribution in [-0.4, -0.2) is 19.3 Å². The fourth-order valence-corrected chi connectivity index (χ4v) is 2.89. The van der Waals surface area contributed by atoms with E-state index in [1.807, 2.05) is 12.1 Å². The van der Waals surface area contributed by atoms with Crippen molar-refractivity contribution in [3.05, 3.63) is 22.2 Å². The van der Waals surface area contributed by atoms with E-state index in [4.69, 9.17) is 9.47 Å². The summed E-state index contributed by atoms with van der Waals surface area (Å²) in [6.07, 6.45) is 3.43. The lowest BCUT2D eigenvalue weighted by molar-refractivity contribution is 0.140. The molecule has 0 saturated heterocycles. The van der Waals surface area contributed by atoms with Crippen molar-refractivity contribution in [1.82, 2.24) is 0 Å². The average Bonchev–Trinajstić information content (AvgIpc) is 3.16. The predicted molar refractivity (Wildman–Crippen MR) is 77.9 cm³/mol. The maximum Gasteiger partial charge on any atom is 0.235 e. The van der Waals surface area contributed by atoms with E-state index < -0.39 is 5.54 Å². The molecular weight excluding hydrogens is 322 g/mol. The maximum absolute atomic E-state index is 10.6. The lowest BCUT2D eigenvalue weighted by Crippen LogP contribution is -2.26. The van der Waals surface area contributed by atoms with Gasteiger partial charge in [0, 0.05) is 5.41 Å². The van der Waals surface area contributed by atoms with Crippen LogP contribution in [0.2, 0.25) is 0 Å². The van der Waals surface area contributed by atoms with Crippen molar-refractivity contribution in [3.8, 4) is 11.5 Å². The van der Waals surface area contributed by atoms with Crippen LogP contribution in [-0.2, 0) is 10.3 Å². The summed E-state index contributed by atoms with van der Waals surface area (Å²) in [5, 5.41) is 0. The monoisotopic (exact) mass is 337 g/mol. The van der Waals surface area contributed by atoms with E-state index in [-0.39, 0.29) is 5.41 Å². The van der Waals surface area contributed by atoms with Crippen LogP contribution in [0.1, 0.15) is 32.3 Å². The standard InChI is InChI=1S/C15H16BrNO3/c1-14(2)7-19-12-6-10(15(3-4-15)17-9-18)5-11(16)13(12)20-8-14/h5-6H,3-4,7-8H2,1-2H3. The molecule has 106 valence electrons. The Kier molecular flexibility index (Phi) is 3.14. The number of halogens is 1. The molecule has 1 heterocycles. The van der Waals surface area contributed by atoms with Gasteiger partial charge in [-0.2, -0.15) is 4.99 Å². The van der Waals surface area contributed by atoms with Gasteiger partial charge in [-0.05, 0) is 46.5 Å². The van der Waals surface area contributed by atoms with Gasteiger partial charge in [0.2, 0.25) is 6.08 Å². The first-order chi connectivity index (χ1) is 9.46. The van der Waals surface area contributed by atoms with Crippen LogP contribution in [0.4, 0.5) is 0 Å². The zero-order valence-corrected chi connectivity index (χ0v) is 13.1. The SMILES string of the molecule is CC1(C)COc2cc(C3(N=C=O)CC3)cc(Br)c2OC1. The van der Waals surface area contributed by atoms with Gasteiger partial charge in [0.05, 0.1) is 23.2 Å². The Labute approximate surface area is 126 Å². The number of ether oxygens (including phenoxy) is 2. The van der Waals surface area contributed by atoms with Gasteiger partial charge in [-0.25, -0.2) is 4.79 Å². The molecule has 1 aromatic rings. The Morgan fingerprint density at radius 2 is 1.95 bits per heavy atom. The number of hydrogen-bond acceptors (Lipinski definition) is 4. The molecule has 1 aliphatic carbocycles. The molecule has 0 amide bonds. The summed E-state index contributed by atoms with van der Waals surface area (Å²) in [7, 11) is 0. The molecular formula is C15H16BrNO3. The lowest BCUT2D eigenvalue weighted by Gasteiger charge is -2.19. The molecule has 0 aromatic heterocycles. The zero-order valence-electron chi connectivity index (χ0n) is 11.5. The van der Waals surface area contributed by atoms with Gasteiger partial charge in [0.15, 0.2) is 11.5 Å². The molecule has 20 heavy (non-hydrogen) atoms. The molecule has 0 bridgehead atoms. The summed E-state index contributed by atoms with van der Waals surface area (Å²) in [6.45, 7) is 5.41. The Hall–Kier alpha value is -1.32. The molecule has 4 nitrogen and oxygen atoms in total. The molecule has 0 unspecified atom stereocenters. The van der Waals surface area contributed by atoms with E-state index in [0.29, 0.717) is 19.0 Å². The van der Waals surface area contributed by atoms with Crippen LogP contribution in [0.15, 0.2) is 21.6 Å². The first kappa shape index (κ1) is 13.7. The van der Waals surface area contributed by atoms with Crippen LogP contribution in [0.5, 0.6) is 11.5 Å². The number of hydrogen-bond donors (Lipinski definition) is 0. The van der Waals surface area contributed by atoms with Crippen molar-refractivity contribution >= 4 is 22.0 Å². The van der Waals surface area contributed by atoms with Crippen LogP contribution >= 0.6 is 15.9 Å². The highest BCUT2D eigenvalue weighted by Crippen LogP contribution is 2.52. The molecule has 3 rings (SSSR count). The van der Waals surface area contributed by atoms with E-state index >= 15 is 0 Å². The molecule has 1 saturated carbocycles. The minimum atomic E-state index is -0.398. The molecule has 5 heteroatoms. The Morgan fingerprint density at radius 1 is 1.25 bits per heavy atom. The summed E-state index contributed by atoms with van der Waals surface area (Å²) in [6, 6.07) is 3.91. The molecule has 1 fully saturated rings. The third-order valence-corrected chi connectivity index (χ3v) is 4.34. The summed E-state index contributed by atoms with van der Waals surface area (Å²) < 4.78 is 12.6. The van der Waals surface area contributed by atoms with E-state index in [2.05, 4.69) is 34.8 Å². The first-order valence-corrected chi connectivity index (χ1v) is 7.44. The van der Waals surface area contributed by atoms with Crippen LogP contribution in [0.25, 0.3) is 0 Å². The smallest absolute Gasteiger partial charge is 0.235 e. The zero-order chi connectivity index (χ0) is 14.4. The highest BCUT2D eigenvalue weighted by atomic mass is 79.9.